The van der Waals surface area contributed by atoms with E-state index in [0.29, 0.717) is 0 Å². The molecule has 0 saturated carbocycles. The van der Waals surface area contributed by atoms with Gasteiger partial charge in [0.2, 0.25) is 0 Å². The number of aliphatic hydroxyl groups is 1. The molecule has 1 aliphatic heterocycles. The molecule has 0 fully saturated rings. The van der Waals surface area contributed by atoms with Crippen molar-refractivity contribution in [3.05, 3.63) is 59.2 Å². The Bertz CT molecular complexity index is 592. The summed E-state index contributed by atoms with van der Waals surface area (Å²) in [6, 6.07) is 14.4. The van der Waals surface area contributed by atoms with Crippen molar-refractivity contribution in [3.8, 4) is 5.75 Å². The summed E-state index contributed by atoms with van der Waals surface area (Å²) in [6.45, 7) is 2.22. The van der Waals surface area contributed by atoms with Gasteiger partial charge in [-0.15, -0.1) is 11.8 Å². The molecule has 1 heterocycles. The van der Waals surface area contributed by atoms with E-state index in [1.165, 1.54) is 16.0 Å². The van der Waals surface area contributed by atoms with E-state index in [-0.39, 0.29) is 12.7 Å². The van der Waals surface area contributed by atoms with Crippen LogP contribution in [0.4, 0.5) is 0 Å². The molecule has 0 aliphatic carbocycles. The molecule has 1 aliphatic rings. The number of fused-ring (bicyclic) bond motifs is 1. The number of hydrogen-bond acceptors (Lipinski definition) is 3. The van der Waals surface area contributed by atoms with Crippen molar-refractivity contribution in [3.63, 3.8) is 0 Å². The van der Waals surface area contributed by atoms with E-state index in [9.17, 15) is 0 Å². The van der Waals surface area contributed by atoms with Crippen molar-refractivity contribution < 1.29 is 9.84 Å². The predicted octanol–water partition coefficient (Wildman–Crippen LogP) is 3.58. The molecule has 3 heteroatoms. The van der Waals surface area contributed by atoms with E-state index >= 15 is 0 Å². The lowest BCUT2D eigenvalue weighted by molar-refractivity contribution is 0.259. The van der Waals surface area contributed by atoms with Crippen LogP contribution >= 0.6 is 11.8 Å². The second-order valence-corrected chi connectivity index (χ2v) is 6.26. The number of aliphatic hydroxyl groups excluding tert-OH is 1. The highest BCUT2D eigenvalue weighted by molar-refractivity contribution is 7.99. The topological polar surface area (TPSA) is 29.5 Å². The van der Waals surface area contributed by atoms with Crippen LogP contribution in [0.15, 0.2) is 47.4 Å². The van der Waals surface area contributed by atoms with Crippen LogP contribution in [-0.2, 0) is 13.0 Å². The second-order valence-electron chi connectivity index (χ2n) is 5.17. The van der Waals surface area contributed by atoms with Crippen LogP contribution < -0.4 is 4.74 Å². The van der Waals surface area contributed by atoms with Gasteiger partial charge < -0.3 is 9.84 Å². The van der Waals surface area contributed by atoms with Gasteiger partial charge >= 0.3 is 0 Å². The molecule has 2 aromatic carbocycles. The molecule has 0 amide bonds. The lowest BCUT2D eigenvalue weighted by Crippen LogP contribution is -2.15. The van der Waals surface area contributed by atoms with E-state index in [1.54, 1.807) is 11.8 Å². The molecule has 2 aromatic rings. The van der Waals surface area contributed by atoms with Gasteiger partial charge in [-0.2, -0.15) is 0 Å². The molecule has 0 spiro atoms. The van der Waals surface area contributed by atoms with Gasteiger partial charge in [0, 0.05) is 17.1 Å². The van der Waals surface area contributed by atoms with Crippen LogP contribution in [-0.4, -0.2) is 17.0 Å². The van der Waals surface area contributed by atoms with Gasteiger partial charge in [-0.3, -0.25) is 0 Å². The fourth-order valence-corrected chi connectivity index (χ4v) is 3.32. The van der Waals surface area contributed by atoms with Crippen LogP contribution in [0.25, 0.3) is 0 Å². The van der Waals surface area contributed by atoms with Crippen LogP contribution in [0.1, 0.15) is 16.7 Å². The molecular formula is C17H18O2S. The monoisotopic (exact) mass is 286 g/mol. The van der Waals surface area contributed by atoms with Crippen molar-refractivity contribution in [2.45, 2.75) is 31.0 Å². The molecule has 1 N–H and O–H groups in total. The van der Waals surface area contributed by atoms with E-state index in [4.69, 9.17) is 9.84 Å². The van der Waals surface area contributed by atoms with Gasteiger partial charge in [0.05, 0.1) is 6.61 Å². The van der Waals surface area contributed by atoms with E-state index in [2.05, 4.69) is 37.3 Å². The Morgan fingerprint density at radius 3 is 2.75 bits per heavy atom. The summed E-state index contributed by atoms with van der Waals surface area (Å²) in [5.41, 5.74) is 3.57. The van der Waals surface area contributed by atoms with Gasteiger partial charge in [-0.1, -0.05) is 29.8 Å². The van der Waals surface area contributed by atoms with Crippen molar-refractivity contribution in [1.82, 2.24) is 0 Å². The third kappa shape index (κ3) is 3.00. The van der Waals surface area contributed by atoms with Gasteiger partial charge in [0.15, 0.2) is 0 Å². The third-order valence-corrected chi connectivity index (χ3v) is 4.64. The van der Waals surface area contributed by atoms with Crippen LogP contribution in [0, 0.1) is 6.92 Å². The Kier molecular flexibility index (Phi) is 3.99. The zero-order valence-electron chi connectivity index (χ0n) is 11.5. The Hall–Kier alpha value is -1.45. The first kappa shape index (κ1) is 13.5. The summed E-state index contributed by atoms with van der Waals surface area (Å²) in [4.78, 5) is 1.22. The average Bonchev–Trinajstić information content (AvgIpc) is 2.87. The molecule has 1 atom stereocenters. The maximum absolute atomic E-state index is 9.03. The van der Waals surface area contributed by atoms with Gasteiger partial charge in [-0.25, -0.2) is 0 Å². The molecule has 0 aromatic heterocycles. The van der Waals surface area contributed by atoms with Crippen molar-refractivity contribution in [2.75, 3.05) is 5.75 Å². The highest BCUT2D eigenvalue weighted by atomic mass is 32.2. The molecule has 3 rings (SSSR count). The van der Waals surface area contributed by atoms with Crippen LogP contribution in [0.2, 0.25) is 0 Å². The fourth-order valence-electron chi connectivity index (χ4n) is 2.42. The first-order chi connectivity index (χ1) is 9.74. The van der Waals surface area contributed by atoms with Crippen LogP contribution in [0.3, 0.4) is 0 Å². The normalized spacial score (nSPS) is 16.8. The fraction of sp³-hybridized carbons (Fsp3) is 0.294. The van der Waals surface area contributed by atoms with Crippen molar-refractivity contribution in [1.29, 1.82) is 0 Å². The number of aryl methyl sites for hydroxylation is 1. The van der Waals surface area contributed by atoms with Crippen LogP contribution in [0.5, 0.6) is 5.75 Å². The minimum atomic E-state index is 0.103. The molecule has 20 heavy (non-hydrogen) atoms. The summed E-state index contributed by atoms with van der Waals surface area (Å²) in [7, 11) is 0. The first-order valence-electron chi connectivity index (χ1n) is 6.83. The molecule has 0 saturated heterocycles. The Morgan fingerprint density at radius 1 is 1.20 bits per heavy atom. The lowest BCUT2D eigenvalue weighted by atomic mass is 10.1. The number of hydrogen-bond donors (Lipinski definition) is 1. The summed E-state index contributed by atoms with van der Waals surface area (Å²) < 4.78 is 5.97. The molecule has 104 valence electrons. The zero-order valence-corrected chi connectivity index (χ0v) is 12.3. The molecule has 0 bridgehead atoms. The van der Waals surface area contributed by atoms with E-state index in [1.807, 2.05) is 12.1 Å². The second kappa shape index (κ2) is 5.90. The largest absolute Gasteiger partial charge is 0.489 e. The highest BCUT2D eigenvalue weighted by Gasteiger charge is 2.22. The Labute approximate surface area is 123 Å². The van der Waals surface area contributed by atoms with Crippen molar-refractivity contribution in [2.24, 2.45) is 0 Å². The number of ether oxygens (including phenoxy) is 1. The van der Waals surface area contributed by atoms with Gasteiger partial charge in [-0.05, 0) is 36.2 Å². The summed E-state index contributed by atoms with van der Waals surface area (Å²) in [6.07, 6.45) is 1.26. The minimum absolute atomic E-state index is 0.103. The number of rotatable bonds is 4. The average molecular weight is 286 g/mol. The maximum Gasteiger partial charge on any atom is 0.123 e. The highest BCUT2D eigenvalue weighted by Crippen LogP contribution is 2.32. The molecule has 0 radical (unpaired) electrons. The minimum Gasteiger partial charge on any atom is -0.489 e. The predicted molar refractivity (Wildman–Crippen MR) is 82.4 cm³/mol. The lowest BCUT2D eigenvalue weighted by Gasteiger charge is -2.10. The zero-order chi connectivity index (χ0) is 13.9. The van der Waals surface area contributed by atoms with Gasteiger partial charge in [0.25, 0.3) is 0 Å². The molecule has 2 nitrogen and oxygen atoms in total. The Balaban J connectivity index is 1.58. The van der Waals surface area contributed by atoms with Crippen molar-refractivity contribution >= 4 is 11.8 Å². The SMILES string of the molecule is Cc1ccc2c(c1)CC(CSc1ccc(CO)cc1)O2. The Morgan fingerprint density at radius 2 is 2.00 bits per heavy atom. The van der Waals surface area contributed by atoms with E-state index < -0.39 is 0 Å². The first-order valence-corrected chi connectivity index (χ1v) is 7.82. The van der Waals surface area contributed by atoms with Gasteiger partial charge in [0.1, 0.15) is 11.9 Å². The quantitative estimate of drug-likeness (QED) is 0.871. The standard InChI is InChI=1S/C17H18O2S/c1-12-2-7-17-14(8-12)9-15(19-17)11-20-16-5-3-13(10-18)4-6-16/h2-8,15,18H,9-11H2,1H3. The number of thioether (sulfide) groups is 1. The summed E-state index contributed by atoms with van der Waals surface area (Å²) in [5, 5.41) is 9.03. The molecular weight excluding hydrogens is 268 g/mol. The summed E-state index contributed by atoms with van der Waals surface area (Å²) in [5.74, 6) is 1.99. The third-order valence-electron chi connectivity index (χ3n) is 3.50. The van der Waals surface area contributed by atoms with E-state index in [0.717, 1.165) is 23.5 Å². The number of benzene rings is 2. The summed E-state index contributed by atoms with van der Waals surface area (Å²) >= 11 is 1.81. The smallest absolute Gasteiger partial charge is 0.123 e. The maximum atomic E-state index is 9.03. The molecule has 1 unspecified atom stereocenters.